The van der Waals surface area contributed by atoms with Crippen LogP contribution in [0.5, 0.6) is 0 Å². The van der Waals surface area contributed by atoms with Gasteiger partial charge in [-0.1, -0.05) is 30.3 Å². The molecule has 7 nitrogen and oxygen atoms in total. The lowest BCUT2D eigenvalue weighted by atomic mass is 9.80. The molecule has 5 rings (SSSR count). The van der Waals surface area contributed by atoms with Crippen LogP contribution >= 0.6 is 0 Å². The van der Waals surface area contributed by atoms with Gasteiger partial charge in [0.05, 0.1) is 17.4 Å². The molecule has 0 radical (unpaired) electrons. The maximum absolute atomic E-state index is 14.5. The summed E-state index contributed by atoms with van der Waals surface area (Å²) in [6.45, 7) is -2.15. The Morgan fingerprint density at radius 1 is 0.769 bits per heavy atom. The highest BCUT2D eigenvalue weighted by atomic mass is 32.2. The quantitative estimate of drug-likeness (QED) is 0.176. The van der Waals surface area contributed by atoms with E-state index in [-0.39, 0.29) is 55.1 Å². The van der Waals surface area contributed by atoms with Crippen molar-refractivity contribution in [3.63, 3.8) is 0 Å². The number of rotatable bonds is 9. The molecule has 3 aromatic rings. The zero-order valence-electron chi connectivity index (χ0n) is 27.1. The van der Waals surface area contributed by atoms with E-state index in [9.17, 15) is 62.6 Å². The predicted molar refractivity (Wildman–Crippen MR) is 166 cm³/mol. The van der Waals surface area contributed by atoms with Crippen molar-refractivity contribution < 1.29 is 67.4 Å². The maximum atomic E-state index is 14.5. The van der Waals surface area contributed by atoms with Crippen molar-refractivity contribution in [2.45, 2.75) is 72.7 Å². The fraction of sp³-hybridized carbons (Fsp3) is 0.429. The highest BCUT2D eigenvalue weighted by Crippen LogP contribution is 2.54. The number of sulfone groups is 1. The summed E-state index contributed by atoms with van der Waals surface area (Å²) in [5.41, 5.74) is -8.07. The van der Waals surface area contributed by atoms with Crippen molar-refractivity contribution in [1.82, 2.24) is 4.90 Å². The highest BCUT2D eigenvalue weighted by Gasteiger charge is 2.73. The van der Waals surface area contributed by atoms with Crippen LogP contribution in [0.2, 0.25) is 0 Å². The number of benzene rings is 3. The summed E-state index contributed by atoms with van der Waals surface area (Å²) in [6, 6.07) is 8.08. The topological polar surface area (TPSA) is 101 Å². The lowest BCUT2D eigenvalue weighted by molar-refractivity contribution is -0.392. The van der Waals surface area contributed by atoms with Gasteiger partial charge in [-0.05, 0) is 80.5 Å². The van der Waals surface area contributed by atoms with Crippen LogP contribution in [0.3, 0.4) is 0 Å². The second-order valence-electron chi connectivity index (χ2n) is 12.9. The number of carboxylic acid groups (broad SMARTS) is 1. The number of hydrogen-bond donors (Lipinski definition) is 1. The number of carbonyl (C=O) groups excluding carboxylic acids is 1. The molecule has 0 atom stereocenters. The number of carboxylic acids is 1. The number of aliphatic carboxylic acids is 1. The fourth-order valence-electron chi connectivity index (χ4n) is 7.08. The molecule has 1 aliphatic carbocycles. The van der Waals surface area contributed by atoms with Crippen molar-refractivity contribution in [2.75, 3.05) is 13.1 Å². The molecule has 1 N–H and O–H groups in total. The first-order valence-corrected chi connectivity index (χ1v) is 17.6. The van der Waals surface area contributed by atoms with E-state index in [0.717, 1.165) is 42.5 Å². The summed E-state index contributed by atoms with van der Waals surface area (Å²) in [5, 5.41) is 9.28. The van der Waals surface area contributed by atoms with Gasteiger partial charge in [-0.2, -0.15) is 26.3 Å². The van der Waals surface area contributed by atoms with E-state index >= 15 is 0 Å². The Bertz CT molecular complexity index is 1850. The van der Waals surface area contributed by atoms with Gasteiger partial charge in [0.1, 0.15) is 22.2 Å². The molecule has 0 spiro atoms. The van der Waals surface area contributed by atoms with Crippen LogP contribution in [0.25, 0.3) is 0 Å². The van der Waals surface area contributed by atoms with Gasteiger partial charge in [-0.15, -0.1) is 0 Å². The van der Waals surface area contributed by atoms with E-state index < -0.39 is 85.5 Å². The number of ether oxygens (including phenoxy) is 1. The third-order valence-corrected chi connectivity index (χ3v) is 12.6. The molecule has 0 bridgehead atoms. The molecule has 2 fully saturated rings. The number of nitrogens with zero attached hydrogens (tertiary/aromatic N) is 1. The van der Waals surface area contributed by atoms with Gasteiger partial charge in [-0.25, -0.2) is 21.6 Å². The van der Waals surface area contributed by atoms with Gasteiger partial charge in [0, 0.05) is 30.1 Å². The van der Waals surface area contributed by atoms with E-state index in [1.165, 1.54) is 4.90 Å². The molecule has 1 saturated carbocycles. The second-order valence-corrected chi connectivity index (χ2v) is 15.2. The smallest absolute Gasteiger partial charge is 0.430 e. The van der Waals surface area contributed by atoms with E-state index in [4.69, 9.17) is 0 Å². The number of likely N-dealkylation sites (tertiary alicyclic amines) is 1. The van der Waals surface area contributed by atoms with Crippen molar-refractivity contribution in [1.29, 1.82) is 0 Å². The van der Waals surface area contributed by atoms with Crippen LogP contribution in [-0.2, 0) is 41.1 Å². The number of hydrogen-bond acceptors (Lipinski definition) is 5. The third kappa shape index (κ3) is 7.00. The predicted octanol–water partition coefficient (Wildman–Crippen LogP) is 7.82. The first kappa shape index (κ1) is 39.1. The number of amides is 1. The van der Waals surface area contributed by atoms with Crippen LogP contribution in [0, 0.1) is 29.3 Å². The normalized spacial score (nSPS) is 20.1. The number of halogens is 9. The lowest BCUT2D eigenvalue weighted by Gasteiger charge is -2.43. The van der Waals surface area contributed by atoms with E-state index in [2.05, 4.69) is 4.74 Å². The molecule has 0 unspecified atom stereocenters. The minimum Gasteiger partial charge on any atom is -0.481 e. The zero-order valence-corrected chi connectivity index (χ0v) is 27.9. The lowest BCUT2D eigenvalue weighted by Crippen LogP contribution is -2.56. The molecule has 282 valence electrons. The van der Waals surface area contributed by atoms with Crippen molar-refractivity contribution in [2.24, 2.45) is 11.8 Å². The largest absolute Gasteiger partial charge is 0.481 e. The zero-order chi connectivity index (χ0) is 38.3. The van der Waals surface area contributed by atoms with Crippen LogP contribution in [-0.4, -0.2) is 55.7 Å². The monoisotopic (exact) mass is 765 g/mol. The van der Waals surface area contributed by atoms with Gasteiger partial charge in [0.25, 0.3) is 5.60 Å². The Hall–Kier alpha value is -4.12. The molecule has 3 aromatic carbocycles. The molecule has 52 heavy (non-hydrogen) atoms. The molecule has 1 aliphatic heterocycles. The van der Waals surface area contributed by atoms with Gasteiger partial charge in [0.15, 0.2) is 9.84 Å². The number of alkyl halides is 6. The van der Waals surface area contributed by atoms with E-state index in [1.807, 2.05) is 0 Å². The summed E-state index contributed by atoms with van der Waals surface area (Å²) in [4.78, 5) is 25.7. The summed E-state index contributed by atoms with van der Waals surface area (Å²) >= 11 is 0. The Balaban J connectivity index is 1.52. The van der Waals surface area contributed by atoms with E-state index in [1.54, 1.807) is 0 Å². The number of carbonyl (C=O) groups is 2. The van der Waals surface area contributed by atoms with E-state index in [0.29, 0.717) is 37.1 Å². The molecule has 1 heterocycles. The Labute approximate surface area is 292 Å². The minimum atomic E-state index is -6.23. The van der Waals surface area contributed by atoms with Gasteiger partial charge < -0.3 is 14.7 Å². The number of piperidine rings is 1. The average molecular weight is 766 g/mol. The minimum absolute atomic E-state index is 0.188. The molecule has 1 amide bonds. The van der Waals surface area contributed by atoms with Crippen LogP contribution in [0.15, 0.2) is 71.6 Å². The summed E-state index contributed by atoms with van der Waals surface area (Å²) < 4.78 is 160. The second kappa shape index (κ2) is 14.4. The molecular formula is C35H32F9NO6S. The maximum Gasteiger partial charge on any atom is 0.430 e. The molecule has 1 saturated heterocycles. The molecule has 17 heteroatoms. The standard InChI is InChI=1S/C35H32F9NO6S/c36-25-12-14-26(15-13-25)52(49,50)32(16-18-45(19-17-32)30(46)21-4-6-22(7-5-21)31(47)48)23-8-10-24(11-9-23)33(34(39,40)41,35(42,43)44)51-20-27-28(37)2-1-3-29(27)38/h1-3,8-15,21-22H,4-7,16-20H2,(H,47,48)/t21-,22-. The third-order valence-electron chi connectivity index (χ3n) is 10.1. The van der Waals surface area contributed by atoms with Crippen LogP contribution < -0.4 is 0 Å². The van der Waals surface area contributed by atoms with Crippen molar-refractivity contribution >= 4 is 21.7 Å². The van der Waals surface area contributed by atoms with Crippen LogP contribution in [0.4, 0.5) is 39.5 Å². The summed E-state index contributed by atoms with van der Waals surface area (Å²) in [6.07, 6.45) is -12.1. The Morgan fingerprint density at radius 3 is 1.75 bits per heavy atom. The SMILES string of the molecule is O=C(O)[C@H]1CC[C@H](C(=O)N2CCC(c3ccc(C(OCc4c(F)cccc4F)(C(F)(F)F)C(F)(F)F)cc3)(S(=O)(=O)c3ccc(F)cc3)CC2)CC1. The Kier molecular flexibility index (Phi) is 10.8. The summed E-state index contributed by atoms with van der Waals surface area (Å²) in [5.74, 6) is -6.09. The highest BCUT2D eigenvalue weighted by molar-refractivity contribution is 7.92. The van der Waals surface area contributed by atoms with Gasteiger partial charge in [-0.3, -0.25) is 9.59 Å². The summed E-state index contributed by atoms with van der Waals surface area (Å²) in [7, 11) is -4.57. The first-order chi connectivity index (χ1) is 24.2. The molecule has 0 aromatic heterocycles. The molecular weight excluding hydrogens is 733 g/mol. The fourth-order valence-corrected chi connectivity index (χ4v) is 9.19. The van der Waals surface area contributed by atoms with Crippen molar-refractivity contribution in [3.8, 4) is 0 Å². The average Bonchev–Trinajstić information content (AvgIpc) is 3.08. The first-order valence-electron chi connectivity index (χ1n) is 16.1. The van der Waals surface area contributed by atoms with Gasteiger partial charge >= 0.3 is 18.3 Å². The Morgan fingerprint density at radius 2 is 1.27 bits per heavy atom. The van der Waals surface area contributed by atoms with Crippen LogP contribution in [0.1, 0.15) is 55.2 Å². The van der Waals surface area contributed by atoms with Crippen molar-refractivity contribution in [3.05, 3.63) is 101 Å². The molecule has 2 aliphatic rings. The van der Waals surface area contributed by atoms with Gasteiger partial charge in [0.2, 0.25) is 5.91 Å².